The quantitative estimate of drug-likeness (QED) is 0.347. The van der Waals surface area contributed by atoms with Crippen molar-refractivity contribution >= 4 is 5.96 Å². The van der Waals surface area contributed by atoms with Crippen LogP contribution in [-0.4, -0.2) is 27.9 Å². The van der Waals surface area contributed by atoms with Gasteiger partial charge in [0.1, 0.15) is 11.6 Å². The van der Waals surface area contributed by atoms with Crippen LogP contribution in [0.4, 0.5) is 0 Å². The van der Waals surface area contributed by atoms with Gasteiger partial charge in [-0.2, -0.15) is 5.26 Å². The Labute approximate surface area is 89.8 Å². The van der Waals surface area contributed by atoms with Gasteiger partial charge in [-0.1, -0.05) is 0 Å². The fourth-order valence-electron chi connectivity index (χ4n) is 1.09. The molecule has 1 aromatic rings. The van der Waals surface area contributed by atoms with Crippen molar-refractivity contribution in [2.24, 2.45) is 5.73 Å². The molecule has 8 heteroatoms. The summed E-state index contributed by atoms with van der Waals surface area (Å²) in [5, 5.41) is 15.9. The molecule has 0 aliphatic heterocycles. The molecule has 0 saturated carbocycles. The van der Waals surface area contributed by atoms with Gasteiger partial charge < -0.3 is 15.6 Å². The van der Waals surface area contributed by atoms with Crippen molar-refractivity contribution in [1.29, 1.82) is 10.7 Å². The van der Waals surface area contributed by atoms with Crippen molar-refractivity contribution < 1.29 is 0 Å². The van der Waals surface area contributed by atoms with Crippen LogP contribution in [0.25, 0.3) is 0 Å². The monoisotopic (exact) mass is 222 g/mol. The van der Waals surface area contributed by atoms with E-state index in [0.717, 1.165) is 0 Å². The van der Waals surface area contributed by atoms with E-state index in [2.05, 4.69) is 4.98 Å². The van der Waals surface area contributed by atoms with Crippen LogP contribution >= 0.6 is 0 Å². The first-order valence-electron chi connectivity index (χ1n) is 4.26. The van der Waals surface area contributed by atoms with E-state index >= 15 is 0 Å². The minimum absolute atomic E-state index is 0.0113. The Morgan fingerprint density at radius 3 is 2.69 bits per heavy atom. The van der Waals surface area contributed by atoms with Crippen molar-refractivity contribution in [3.8, 4) is 6.07 Å². The third kappa shape index (κ3) is 2.27. The molecule has 84 valence electrons. The van der Waals surface area contributed by atoms with Gasteiger partial charge in [0.2, 0.25) is 0 Å². The molecule has 16 heavy (non-hydrogen) atoms. The number of nitrogens with zero attached hydrogens (tertiary/aromatic N) is 2. The number of aromatic amines is 2. The van der Waals surface area contributed by atoms with E-state index in [1.54, 1.807) is 6.07 Å². The maximum Gasteiger partial charge on any atom is 0.326 e. The lowest BCUT2D eigenvalue weighted by molar-refractivity contribution is 0.480. The lowest BCUT2D eigenvalue weighted by atomic mass is 10.2. The van der Waals surface area contributed by atoms with Gasteiger partial charge in [-0.3, -0.25) is 15.2 Å². The fraction of sp³-hybridized carbons (Fsp3) is 0.250. The summed E-state index contributed by atoms with van der Waals surface area (Å²) >= 11 is 0. The highest BCUT2D eigenvalue weighted by atomic mass is 16.2. The molecule has 0 unspecified atom stereocenters. The summed E-state index contributed by atoms with van der Waals surface area (Å²) in [5.74, 6) is -0.231. The fourth-order valence-corrected chi connectivity index (χ4v) is 1.09. The summed E-state index contributed by atoms with van der Waals surface area (Å²) in [7, 11) is 1.50. The molecule has 8 nitrogen and oxygen atoms in total. The molecule has 0 aromatic carbocycles. The summed E-state index contributed by atoms with van der Waals surface area (Å²) < 4.78 is 0. The Morgan fingerprint density at radius 2 is 2.19 bits per heavy atom. The van der Waals surface area contributed by atoms with Gasteiger partial charge in [0, 0.05) is 7.05 Å². The summed E-state index contributed by atoms with van der Waals surface area (Å²) in [5.41, 5.74) is 3.70. The van der Waals surface area contributed by atoms with Crippen LogP contribution in [0.15, 0.2) is 9.59 Å². The SMILES string of the molecule is CN(Cc1[nH]c(=O)[nH]c(=O)c1C#N)C(=N)N. The van der Waals surface area contributed by atoms with Crippen LogP contribution in [0, 0.1) is 16.7 Å². The van der Waals surface area contributed by atoms with Crippen molar-refractivity contribution in [2.75, 3.05) is 7.05 Å². The molecule has 0 saturated heterocycles. The van der Waals surface area contributed by atoms with Gasteiger partial charge in [0.15, 0.2) is 5.96 Å². The Bertz CT molecular complexity index is 563. The number of nitrogens with one attached hydrogen (secondary N) is 3. The van der Waals surface area contributed by atoms with Gasteiger partial charge in [-0.05, 0) is 0 Å². The largest absolute Gasteiger partial charge is 0.370 e. The van der Waals surface area contributed by atoms with E-state index in [4.69, 9.17) is 16.4 Å². The number of rotatable bonds is 2. The summed E-state index contributed by atoms with van der Waals surface area (Å²) in [6.07, 6.45) is 0. The van der Waals surface area contributed by atoms with Crippen LogP contribution in [0.2, 0.25) is 0 Å². The number of guanidine groups is 1. The molecular weight excluding hydrogens is 212 g/mol. The molecule has 0 atom stereocenters. The molecule has 0 aliphatic carbocycles. The molecule has 0 bridgehead atoms. The minimum Gasteiger partial charge on any atom is -0.370 e. The first-order chi connectivity index (χ1) is 7.45. The second-order valence-electron chi connectivity index (χ2n) is 3.11. The Hall–Kier alpha value is -2.56. The number of H-pyrrole nitrogens is 2. The van der Waals surface area contributed by atoms with Crippen molar-refractivity contribution in [3.05, 3.63) is 32.1 Å². The van der Waals surface area contributed by atoms with Crippen molar-refractivity contribution in [3.63, 3.8) is 0 Å². The van der Waals surface area contributed by atoms with Crippen LogP contribution in [-0.2, 0) is 6.54 Å². The smallest absolute Gasteiger partial charge is 0.326 e. The maximum absolute atomic E-state index is 11.2. The number of aromatic nitrogens is 2. The van der Waals surface area contributed by atoms with E-state index in [1.165, 1.54) is 11.9 Å². The zero-order valence-corrected chi connectivity index (χ0v) is 8.50. The first kappa shape index (κ1) is 11.5. The zero-order valence-electron chi connectivity index (χ0n) is 8.50. The molecule has 1 heterocycles. The number of hydrogen-bond donors (Lipinski definition) is 4. The minimum atomic E-state index is -0.752. The van der Waals surface area contributed by atoms with E-state index in [0.29, 0.717) is 0 Å². The van der Waals surface area contributed by atoms with Gasteiger partial charge in [0.25, 0.3) is 5.56 Å². The normalized spacial score (nSPS) is 9.50. The van der Waals surface area contributed by atoms with Crippen molar-refractivity contribution in [1.82, 2.24) is 14.9 Å². The van der Waals surface area contributed by atoms with Crippen LogP contribution in [0.1, 0.15) is 11.3 Å². The average molecular weight is 222 g/mol. The molecule has 0 radical (unpaired) electrons. The van der Waals surface area contributed by atoms with Crippen LogP contribution < -0.4 is 17.0 Å². The Kier molecular flexibility index (Phi) is 3.10. The molecule has 0 fully saturated rings. The van der Waals surface area contributed by atoms with Crippen molar-refractivity contribution in [2.45, 2.75) is 6.54 Å². The topological polar surface area (TPSA) is 143 Å². The molecule has 0 spiro atoms. The van der Waals surface area contributed by atoms with Crippen LogP contribution in [0.5, 0.6) is 0 Å². The highest BCUT2D eigenvalue weighted by molar-refractivity contribution is 5.74. The molecular formula is C8H10N6O2. The van der Waals surface area contributed by atoms with E-state index in [-0.39, 0.29) is 23.8 Å². The standard InChI is InChI=1S/C8H10N6O2/c1-14(7(10)11)3-5-4(2-9)6(15)13-8(16)12-5/h3H2,1H3,(H3,10,11)(H2,12,13,15,16). The lowest BCUT2D eigenvalue weighted by Gasteiger charge is -2.16. The van der Waals surface area contributed by atoms with E-state index < -0.39 is 11.2 Å². The summed E-state index contributed by atoms with van der Waals surface area (Å²) in [6.45, 7) is 0.0113. The second kappa shape index (κ2) is 4.31. The average Bonchev–Trinajstić information content (AvgIpc) is 2.16. The highest BCUT2D eigenvalue weighted by Crippen LogP contribution is 1.99. The number of hydrogen-bond acceptors (Lipinski definition) is 4. The second-order valence-corrected chi connectivity index (χ2v) is 3.11. The maximum atomic E-state index is 11.2. The van der Waals surface area contributed by atoms with E-state index in [9.17, 15) is 9.59 Å². The third-order valence-electron chi connectivity index (χ3n) is 1.94. The predicted octanol–water partition coefficient (Wildman–Crippen LogP) is -1.74. The van der Waals surface area contributed by atoms with Gasteiger partial charge >= 0.3 is 5.69 Å². The van der Waals surface area contributed by atoms with E-state index in [1.807, 2.05) is 4.98 Å². The third-order valence-corrected chi connectivity index (χ3v) is 1.94. The lowest BCUT2D eigenvalue weighted by Crippen LogP contribution is -2.35. The molecule has 1 rings (SSSR count). The summed E-state index contributed by atoms with van der Waals surface area (Å²) in [4.78, 5) is 27.8. The Morgan fingerprint density at radius 1 is 1.56 bits per heavy atom. The van der Waals surface area contributed by atoms with Gasteiger partial charge in [-0.15, -0.1) is 0 Å². The molecule has 1 aromatic heterocycles. The molecule has 0 amide bonds. The van der Waals surface area contributed by atoms with Gasteiger partial charge in [-0.25, -0.2) is 4.79 Å². The van der Waals surface area contributed by atoms with Crippen LogP contribution in [0.3, 0.4) is 0 Å². The zero-order chi connectivity index (χ0) is 12.3. The van der Waals surface area contributed by atoms with Gasteiger partial charge in [0.05, 0.1) is 12.2 Å². The first-order valence-corrected chi connectivity index (χ1v) is 4.26. The number of nitriles is 1. The highest BCUT2D eigenvalue weighted by Gasteiger charge is 2.11. The predicted molar refractivity (Wildman–Crippen MR) is 55.8 cm³/mol. The molecule has 5 N–H and O–H groups in total. The molecule has 0 aliphatic rings. The summed E-state index contributed by atoms with van der Waals surface area (Å²) in [6, 6.07) is 1.68. The Balaban J connectivity index is 3.24. The number of nitrogens with two attached hydrogens (primary N) is 1.